The maximum Gasteiger partial charge on any atom is 0.248 e. The minimum absolute atomic E-state index is 0.303. The minimum atomic E-state index is -0.303. The highest BCUT2D eigenvalue weighted by atomic mass is 16.1. The first-order chi connectivity index (χ1) is 8.93. The van der Waals surface area contributed by atoms with Gasteiger partial charge in [-0.25, -0.2) is 0 Å². The van der Waals surface area contributed by atoms with Crippen LogP contribution in [0.1, 0.15) is 85.8 Å². The maximum absolute atomic E-state index is 11.7. The Morgan fingerprint density at radius 1 is 1.16 bits per heavy atom. The van der Waals surface area contributed by atoms with E-state index in [-0.39, 0.29) is 5.91 Å². The molecule has 2 unspecified atom stereocenters. The van der Waals surface area contributed by atoms with Crippen LogP contribution in [0.15, 0.2) is 12.1 Å². The van der Waals surface area contributed by atoms with Crippen molar-refractivity contribution in [3.05, 3.63) is 34.4 Å². The fourth-order valence-corrected chi connectivity index (χ4v) is 2.93. The maximum atomic E-state index is 11.7. The molecule has 2 heteroatoms. The Morgan fingerprint density at radius 2 is 1.79 bits per heavy atom. The quantitative estimate of drug-likeness (QED) is 0.804. The first-order valence-corrected chi connectivity index (χ1v) is 7.37. The number of benzene rings is 1. The Bertz CT molecular complexity index is 451. The number of amides is 1. The van der Waals surface area contributed by atoms with E-state index in [4.69, 9.17) is 5.73 Å². The molecule has 1 aromatic rings. The molecule has 0 aliphatic rings. The summed E-state index contributed by atoms with van der Waals surface area (Å²) in [5.41, 5.74) is 10.1. The molecule has 0 radical (unpaired) electrons. The Labute approximate surface area is 117 Å². The van der Waals surface area contributed by atoms with Crippen LogP contribution in [-0.2, 0) is 0 Å². The van der Waals surface area contributed by atoms with E-state index in [2.05, 4.69) is 34.6 Å². The molecule has 0 spiro atoms. The Balaban J connectivity index is 3.49. The van der Waals surface area contributed by atoms with Gasteiger partial charge in [0.25, 0.3) is 0 Å². The topological polar surface area (TPSA) is 43.1 Å². The first-order valence-electron chi connectivity index (χ1n) is 7.37. The van der Waals surface area contributed by atoms with Crippen LogP contribution in [0.25, 0.3) is 0 Å². The van der Waals surface area contributed by atoms with Gasteiger partial charge in [0.2, 0.25) is 5.91 Å². The highest BCUT2D eigenvalue weighted by Gasteiger charge is 2.22. The summed E-state index contributed by atoms with van der Waals surface area (Å²) in [6.07, 6.45) is 3.29. The normalized spacial score (nSPS) is 14.2. The van der Waals surface area contributed by atoms with Crippen molar-refractivity contribution in [2.45, 2.75) is 65.7 Å². The van der Waals surface area contributed by atoms with Gasteiger partial charge in [-0.2, -0.15) is 0 Å². The second-order valence-corrected chi connectivity index (χ2v) is 5.62. The molecule has 0 saturated carbocycles. The lowest BCUT2D eigenvalue weighted by molar-refractivity contribution is 0.0998. The standard InChI is InChI=1S/C17H27NO/c1-6-8-12(4)16-14(17(18)19)10-9-13(5)15(16)11(3)7-2/h9-12H,6-8H2,1-5H3,(H2,18,19). The van der Waals surface area contributed by atoms with Crippen molar-refractivity contribution in [2.75, 3.05) is 0 Å². The highest BCUT2D eigenvalue weighted by molar-refractivity contribution is 5.95. The number of aryl methyl sites for hydroxylation is 1. The molecule has 2 atom stereocenters. The largest absolute Gasteiger partial charge is 0.366 e. The van der Waals surface area contributed by atoms with Gasteiger partial charge in [-0.1, -0.05) is 40.2 Å². The lowest BCUT2D eigenvalue weighted by atomic mass is 9.80. The van der Waals surface area contributed by atoms with Crippen LogP contribution in [0, 0.1) is 6.92 Å². The predicted molar refractivity (Wildman–Crippen MR) is 81.7 cm³/mol. The predicted octanol–water partition coefficient (Wildman–Crippen LogP) is 4.51. The monoisotopic (exact) mass is 261 g/mol. The van der Waals surface area contributed by atoms with Gasteiger partial charge in [-0.3, -0.25) is 4.79 Å². The van der Waals surface area contributed by atoms with E-state index in [0.717, 1.165) is 19.3 Å². The molecule has 2 nitrogen and oxygen atoms in total. The molecular weight excluding hydrogens is 234 g/mol. The number of hydrogen-bond acceptors (Lipinski definition) is 1. The molecule has 0 bridgehead atoms. The van der Waals surface area contributed by atoms with E-state index in [1.54, 1.807) is 0 Å². The van der Waals surface area contributed by atoms with Gasteiger partial charge < -0.3 is 5.73 Å². The molecule has 0 fully saturated rings. The third-order valence-electron chi connectivity index (χ3n) is 4.09. The van der Waals surface area contributed by atoms with E-state index < -0.39 is 0 Å². The van der Waals surface area contributed by atoms with Crippen molar-refractivity contribution in [3.8, 4) is 0 Å². The third kappa shape index (κ3) is 3.37. The summed E-state index contributed by atoms with van der Waals surface area (Å²) in [6, 6.07) is 3.93. The zero-order valence-corrected chi connectivity index (χ0v) is 12.9. The van der Waals surface area contributed by atoms with Gasteiger partial charge in [0, 0.05) is 5.56 Å². The van der Waals surface area contributed by atoms with Crippen molar-refractivity contribution in [2.24, 2.45) is 5.73 Å². The summed E-state index contributed by atoms with van der Waals surface area (Å²) in [5, 5.41) is 0. The molecule has 0 heterocycles. The molecular formula is C17H27NO. The number of rotatable bonds is 6. The highest BCUT2D eigenvalue weighted by Crippen LogP contribution is 2.35. The van der Waals surface area contributed by atoms with Crippen LogP contribution in [0.3, 0.4) is 0 Å². The number of carbonyl (C=O) groups is 1. The minimum Gasteiger partial charge on any atom is -0.366 e. The number of carbonyl (C=O) groups excluding carboxylic acids is 1. The number of primary amides is 1. The van der Waals surface area contributed by atoms with E-state index in [1.807, 2.05) is 12.1 Å². The summed E-state index contributed by atoms with van der Waals surface area (Å²) in [5.74, 6) is 0.549. The smallest absolute Gasteiger partial charge is 0.248 e. The summed E-state index contributed by atoms with van der Waals surface area (Å²) < 4.78 is 0. The van der Waals surface area contributed by atoms with Gasteiger partial charge in [0.15, 0.2) is 0 Å². The van der Waals surface area contributed by atoms with E-state index in [0.29, 0.717) is 17.4 Å². The number of nitrogens with two attached hydrogens (primary N) is 1. The lowest BCUT2D eigenvalue weighted by Gasteiger charge is -2.24. The molecule has 0 aliphatic carbocycles. The molecule has 106 valence electrons. The first kappa shape index (κ1) is 15.7. The van der Waals surface area contributed by atoms with Crippen LogP contribution in [0.2, 0.25) is 0 Å². The second-order valence-electron chi connectivity index (χ2n) is 5.62. The summed E-state index contributed by atoms with van der Waals surface area (Å²) in [7, 11) is 0. The number of hydrogen-bond donors (Lipinski definition) is 1. The zero-order valence-electron chi connectivity index (χ0n) is 12.9. The van der Waals surface area contributed by atoms with Crippen molar-refractivity contribution in [3.63, 3.8) is 0 Å². The van der Waals surface area contributed by atoms with Crippen LogP contribution >= 0.6 is 0 Å². The molecule has 1 aromatic carbocycles. The fraction of sp³-hybridized carbons (Fsp3) is 0.588. The van der Waals surface area contributed by atoms with Crippen LogP contribution < -0.4 is 5.73 Å². The molecule has 0 aromatic heterocycles. The summed E-state index contributed by atoms with van der Waals surface area (Å²) >= 11 is 0. The van der Waals surface area contributed by atoms with Crippen LogP contribution in [0.4, 0.5) is 0 Å². The van der Waals surface area contributed by atoms with Gasteiger partial charge in [-0.05, 0) is 54.4 Å². The summed E-state index contributed by atoms with van der Waals surface area (Å²) in [4.78, 5) is 11.7. The zero-order chi connectivity index (χ0) is 14.6. The van der Waals surface area contributed by atoms with E-state index >= 15 is 0 Å². The summed E-state index contributed by atoms with van der Waals surface area (Å²) in [6.45, 7) is 10.9. The van der Waals surface area contributed by atoms with Crippen LogP contribution in [-0.4, -0.2) is 5.91 Å². The third-order valence-corrected chi connectivity index (χ3v) is 4.09. The molecule has 1 amide bonds. The Kier molecular flexibility index (Phi) is 5.59. The Hall–Kier alpha value is -1.31. The second kappa shape index (κ2) is 6.74. The van der Waals surface area contributed by atoms with Crippen molar-refractivity contribution < 1.29 is 4.79 Å². The SMILES string of the molecule is CCCC(C)c1c(C(N)=O)ccc(C)c1C(C)CC. The average molecular weight is 261 g/mol. The van der Waals surface area contributed by atoms with Crippen molar-refractivity contribution in [1.29, 1.82) is 0 Å². The van der Waals surface area contributed by atoms with E-state index in [9.17, 15) is 4.79 Å². The van der Waals surface area contributed by atoms with Gasteiger partial charge in [-0.15, -0.1) is 0 Å². The average Bonchev–Trinajstić information content (AvgIpc) is 2.37. The fourth-order valence-electron chi connectivity index (χ4n) is 2.93. The van der Waals surface area contributed by atoms with Gasteiger partial charge in [0.05, 0.1) is 0 Å². The van der Waals surface area contributed by atoms with Gasteiger partial charge >= 0.3 is 0 Å². The molecule has 1 rings (SSSR count). The lowest BCUT2D eigenvalue weighted by Crippen LogP contribution is -2.18. The Morgan fingerprint density at radius 3 is 2.26 bits per heavy atom. The molecule has 19 heavy (non-hydrogen) atoms. The van der Waals surface area contributed by atoms with Gasteiger partial charge in [0.1, 0.15) is 0 Å². The molecule has 0 aliphatic heterocycles. The molecule has 0 saturated heterocycles. The van der Waals surface area contributed by atoms with E-state index in [1.165, 1.54) is 16.7 Å². The van der Waals surface area contributed by atoms with Crippen molar-refractivity contribution >= 4 is 5.91 Å². The van der Waals surface area contributed by atoms with Crippen molar-refractivity contribution in [1.82, 2.24) is 0 Å². The molecule has 2 N–H and O–H groups in total. The van der Waals surface area contributed by atoms with Crippen LogP contribution in [0.5, 0.6) is 0 Å².